The molecule has 2 aliphatic rings. The van der Waals surface area contributed by atoms with E-state index in [0.717, 1.165) is 6.42 Å². The third-order valence-electron chi connectivity index (χ3n) is 4.15. The zero-order valence-electron chi connectivity index (χ0n) is 12.3. The van der Waals surface area contributed by atoms with Gasteiger partial charge < -0.3 is 14.7 Å². The van der Waals surface area contributed by atoms with Gasteiger partial charge in [0, 0.05) is 30.5 Å². The summed E-state index contributed by atoms with van der Waals surface area (Å²) in [6.45, 7) is 8.98. The van der Waals surface area contributed by atoms with E-state index < -0.39 is 11.1 Å². The van der Waals surface area contributed by atoms with Gasteiger partial charge in [0.05, 0.1) is 12.5 Å². The smallest absolute Gasteiger partial charge is 0.311 e. The lowest BCUT2D eigenvalue weighted by Crippen LogP contribution is -2.60. The van der Waals surface area contributed by atoms with Crippen LogP contribution in [0.5, 0.6) is 0 Å². The minimum absolute atomic E-state index is 0.113. The lowest BCUT2D eigenvalue weighted by atomic mass is 9.80. The molecule has 5 nitrogen and oxygen atoms in total. The average Bonchev–Trinajstić information content (AvgIpc) is 2.78. The van der Waals surface area contributed by atoms with Crippen molar-refractivity contribution >= 4 is 5.97 Å². The van der Waals surface area contributed by atoms with Gasteiger partial charge in [0.1, 0.15) is 6.10 Å². The zero-order valence-corrected chi connectivity index (χ0v) is 12.3. The molecule has 19 heavy (non-hydrogen) atoms. The van der Waals surface area contributed by atoms with Crippen LogP contribution >= 0.6 is 0 Å². The predicted octanol–water partition coefficient (Wildman–Crippen LogP) is 1.98. The van der Waals surface area contributed by atoms with Gasteiger partial charge in [-0.25, -0.2) is 0 Å². The first-order valence-electron chi connectivity index (χ1n) is 7.00. The third kappa shape index (κ3) is 3.09. The van der Waals surface area contributed by atoms with Crippen molar-refractivity contribution in [1.29, 1.82) is 0 Å². The van der Waals surface area contributed by atoms with Crippen molar-refractivity contribution in [3.8, 4) is 0 Å². The summed E-state index contributed by atoms with van der Waals surface area (Å²) in [4.78, 5) is 12.0. The number of esters is 1. The van der Waals surface area contributed by atoms with Crippen molar-refractivity contribution in [2.75, 3.05) is 13.2 Å². The highest BCUT2D eigenvalue weighted by atomic mass is 16.6. The first-order valence-corrected chi connectivity index (χ1v) is 7.00. The molecule has 0 bridgehead atoms. The molecule has 0 radical (unpaired) electrons. The van der Waals surface area contributed by atoms with Crippen LogP contribution in [0.4, 0.5) is 0 Å². The molecule has 0 aromatic rings. The number of hydrogen-bond donors (Lipinski definition) is 1. The van der Waals surface area contributed by atoms with Gasteiger partial charge in [-0.15, -0.1) is 0 Å². The molecule has 2 heterocycles. The van der Waals surface area contributed by atoms with Crippen LogP contribution in [0, 0.1) is 5.92 Å². The fourth-order valence-corrected chi connectivity index (χ4v) is 3.24. The monoisotopic (exact) mass is 271 g/mol. The Morgan fingerprint density at radius 2 is 1.84 bits per heavy atom. The van der Waals surface area contributed by atoms with Crippen molar-refractivity contribution in [2.24, 2.45) is 5.92 Å². The van der Waals surface area contributed by atoms with Gasteiger partial charge in [-0.1, -0.05) is 0 Å². The first-order chi connectivity index (χ1) is 8.72. The highest BCUT2D eigenvalue weighted by Crippen LogP contribution is 2.38. The van der Waals surface area contributed by atoms with Crippen LogP contribution in [0.2, 0.25) is 0 Å². The number of piperidine rings is 1. The summed E-state index contributed by atoms with van der Waals surface area (Å²) in [5.74, 6) is -0.265. The van der Waals surface area contributed by atoms with Crippen LogP contribution in [0.25, 0.3) is 0 Å². The lowest BCUT2D eigenvalue weighted by Gasteiger charge is -2.51. The van der Waals surface area contributed by atoms with Gasteiger partial charge in [-0.05, 0) is 34.1 Å². The van der Waals surface area contributed by atoms with Crippen LogP contribution in [0.1, 0.15) is 47.0 Å². The first kappa shape index (κ1) is 14.8. The molecule has 2 fully saturated rings. The van der Waals surface area contributed by atoms with Crippen molar-refractivity contribution < 1.29 is 19.5 Å². The number of hydroxylamine groups is 2. The van der Waals surface area contributed by atoms with Crippen molar-refractivity contribution in [1.82, 2.24) is 5.06 Å². The molecule has 0 spiro atoms. The molecule has 2 aliphatic heterocycles. The van der Waals surface area contributed by atoms with Crippen LogP contribution < -0.4 is 0 Å². The molecule has 0 aromatic carbocycles. The molecule has 1 atom stereocenters. The highest BCUT2D eigenvalue weighted by molar-refractivity contribution is 5.73. The van der Waals surface area contributed by atoms with Gasteiger partial charge in [0.2, 0.25) is 0 Å². The molecule has 110 valence electrons. The van der Waals surface area contributed by atoms with Gasteiger partial charge in [-0.3, -0.25) is 4.79 Å². The maximum absolute atomic E-state index is 12.0. The summed E-state index contributed by atoms with van der Waals surface area (Å²) in [6, 6.07) is 0. The van der Waals surface area contributed by atoms with Gasteiger partial charge >= 0.3 is 5.97 Å². The summed E-state index contributed by atoms with van der Waals surface area (Å²) in [5.41, 5.74) is -0.780. The second-order valence-corrected chi connectivity index (χ2v) is 6.96. The molecule has 5 heteroatoms. The number of hydrogen-bond acceptors (Lipinski definition) is 5. The molecule has 1 unspecified atom stereocenters. The summed E-state index contributed by atoms with van der Waals surface area (Å²) in [7, 11) is 0. The molecule has 0 aromatic heterocycles. The second-order valence-electron chi connectivity index (χ2n) is 6.96. The topological polar surface area (TPSA) is 59.0 Å². The lowest BCUT2D eigenvalue weighted by molar-refractivity contribution is -0.260. The van der Waals surface area contributed by atoms with Crippen molar-refractivity contribution in [3.63, 3.8) is 0 Å². The maximum Gasteiger partial charge on any atom is 0.311 e. The minimum Gasteiger partial charge on any atom is -0.462 e. The average molecular weight is 271 g/mol. The van der Waals surface area contributed by atoms with E-state index in [1.807, 2.05) is 27.7 Å². The Kier molecular flexibility index (Phi) is 3.91. The number of carbonyl (C=O) groups excluding carboxylic acids is 1. The zero-order chi connectivity index (χ0) is 14.3. The fraction of sp³-hybridized carbons (Fsp3) is 0.929. The Morgan fingerprint density at radius 3 is 2.32 bits per heavy atom. The van der Waals surface area contributed by atoms with E-state index in [2.05, 4.69) is 0 Å². The Balaban J connectivity index is 1.99. The van der Waals surface area contributed by atoms with E-state index in [9.17, 15) is 10.0 Å². The van der Waals surface area contributed by atoms with E-state index in [1.165, 1.54) is 5.06 Å². The molecular weight excluding hydrogens is 246 g/mol. The molecule has 0 saturated carbocycles. The standard InChI is InChI=1S/C14H25NO4/c1-13(2)7-11(8-14(3,4)15(13)17)19-12(16)10-5-6-18-9-10/h10-11,17H,5-9H2,1-4H3. The predicted molar refractivity (Wildman–Crippen MR) is 69.8 cm³/mol. The number of carbonyl (C=O) groups is 1. The van der Waals surface area contributed by atoms with Gasteiger partial charge in [0.25, 0.3) is 0 Å². The van der Waals surface area contributed by atoms with E-state index in [0.29, 0.717) is 26.1 Å². The van der Waals surface area contributed by atoms with E-state index in [4.69, 9.17) is 9.47 Å². The third-order valence-corrected chi connectivity index (χ3v) is 4.15. The second kappa shape index (κ2) is 5.04. The molecule has 2 rings (SSSR count). The van der Waals surface area contributed by atoms with Gasteiger partial charge in [0.15, 0.2) is 0 Å². The summed E-state index contributed by atoms with van der Waals surface area (Å²) in [5, 5.41) is 11.6. The number of ether oxygens (including phenoxy) is 2. The number of rotatable bonds is 2. The van der Waals surface area contributed by atoms with E-state index in [1.54, 1.807) is 0 Å². The van der Waals surface area contributed by atoms with Crippen LogP contribution in [0.3, 0.4) is 0 Å². The Morgan fingerprint density at radius 1 is 1.26 bits per heavy atom. The summed E-state index contributed by atoms with van der Waals surface area (Å²) < 4.78 is 10.9. The molecule has 2 saturated heterocycles. The summed E-state index contributed by atoms with van der Waals surface area (Å²) in [6.07, 6.45) is 1.91. The van der Waals surface area contributed by atoms with Crippen LogP contribution in [-0.4, -0.2) is 46.6 Å². The van der Waals surface area contributed by atoms with Crippen LogP contribution in [-0.2, 0) is 14.3 Å². The SMILES string of the molecule is CC1(C)CC(OC(=O)C2CCOC2)CC(C)(C)N1O. The minimum atomic E-state index is -0.390. The molecular formula is C14H25NO4. The fourth-order valence-electron chi connectivity index (χ4n) is 3.24. The highest BCUT2D eigenvalue weighted by Gasteiger charge is 2.46. The molecule has 0 amide bonds. The Labute approximate surface area is 114 Å². The molecule has 1 N–H and O–H groups in total. The maximum atomic E-state index is 12.0. The molecule has 0 aliphatic carbocycles. The van der Waals surface area contributed by atoms with Crippen LogP contribution in [0.15, 0.2) is 0 Å². The van der Waals surface area contributed by atoms with Crippen molar-refractivity contribution in [3.05, 3.63) is 0 Å². The van der Waals surface area contributed by atoms with E-state index in [-0.39, 0.29) is 18.0 Å². The normalized spacial score (nSPS) is 31.3. The van der Waals surface area contributed by atoms with E-state index >= 15 is 0 Å². The quantitative estimate of drug-likeness (QED) is 0.778. The summed E-state index contributed by atoms with van der Waals surface area (Å²) >= 11 is 0. The Hall–Kier alpha value is -0.650. The van der Waals surface area contributed by atoms with Crippen molar-refractivity contribution in [2.45, 2.75) is 64.1 Å². The Bertz CT molecular complexity index is 329. The largest absolute Gasteiger partial charge is 0.462 e. The van der Waals surface area contributed by atoms with Gasteiger partial charge in [-0.2, -0.15) is 5.06 Å². The number of nitrogens with zero attached hydrogens (tertiary/aromatic N) is 1.